The van der Waals surface area contributed by atoms with Gasteiger partial charge in [-0.1, -0.05) is 12.1 Å². The molecule has 0 atom stereocenters. The van der Waals surface area contributed by atoms with Crippen LogP contribution in [0.4, 0.5) is 0 Å². The normalized spacial score (nSPS) is 10.3. The maximum Gasteiger partial charge on any atom is 0.135 e. The van der Waals surface area contributed by atoms with Crippen LogP contribution in [0.25, 0.3) is 0 Å². The summed E-state index contributed by atoms with van der Waals surface area (Å²) in [4.78, 5) is 16.4. The molecule has 0 aliphatic carbocycles. The fourth-order valence-electron chi connectivity index (χ4n) is 1.71. The van der Waals surface area contributed by atoms with Crippen molar-refractivity contribution < 1.29 is 9.53 Å². The smallest absolute Gasteiger partial charge is 0.135 e. The highest BCUT2D eigenvalue weighted by atomic mass is 32.1. The summed E-state index contributed by atoms with van der Waals surface area (Å²) in [6.45, 7) is 1.60. The molecule has 3 nitrogen and oxygen atoms in total. The molecule has 0 bridgehead atoms. The van der Waals surface area contributed by atoms with Gasteiger partial charge in [0, 0.05) is 23.9 Å². The molecule has 0 saturated heterocycles. The standard InChI is InChI=1S/C14H15NO2S/c1-10(16)6-13-9-15-14(18-13)8-11-4-3-5-12(7-11)17-2/h3-5,7,9H,6,8H2,1-2H3. The molecule has 94 valence electrons. The summed E-state index contributed by atoms with van der Waals surface area (Å²) in [5.74, 6) is 1.03. The summed E-state index contributed by atoms with van der Waals surface area (Å²) < 4.78 is 5.19. The minimum absolute atomic E-state index is 0.173. The van der Waals surface area contributed by atoms with Crippen molar-refractivity contribution in [3.63, 3.8) is 0 Å². The highest BCUT2D eigenvalue weighted by Gasteiger charge is 2.05. The molecule has 0 N–H and O–H groups in total. The average molecular weight is 261 g/mol. The van der Waals surface area contributed by atoms with Crippen LogP contribution in [0.3, 0.4) is 0 Å². The van der Waals surface area contributed by atoms with Gasteiger partial charge in [-0.2, -0.15) is 0 Å². The Kier molecular flexibility index (Phi) is 4.10. The van der Waals surface area contributed by atoms with Crippen LogP contribution in [0.5, 0.6) is 5.75 Å². The Hall–Kier alpha value is -1.68. The van der Waals surface area contributed by atoms with E-state index in [1.54, 1.807) is 31.6 Å². The Morgan fingerprint density at radius 3 is 3.00 bits per heavy atom. The summed E-state index contributed by atoms with van der Waals surface area (Å²) in [5.41, 5.74) is 1.16. The first-order valence-electron chi connectivity index (χ1n) is 5.73. The van der Waals surface area contributed by atoms with E-state index in [0.717, 1.165) is 27.6 Å². The highest BCUT2D eigenvalue weighted by molar-refractivity contribution is 7.11. The largest absolute Gasteiger partial charge is 0.497 e. The highest BCUT2D eigenvalue weighted by Crippen LogP contribution is 2.20. The fourth-order valence-corrected chi connectivity index (χ4v) is 2.74. The van der Waals surface area contributed by atoms with Crippen molar-refractivity contribution in [2.45, 2.75) is 19.8 Å². The number of rotatable bonds is 5. The molecule has 0 aliphatic heterocycles. The molecule has 1 aromatic carbocycles. The zero-order valence-corrected chi connectivity index (χ0v) is 11.3. The van der Waals surface area contributed by atoms with Gasteiger partial charge in [0.05, 0.1) is 12.1 Å². The number of ether oxygens (including phenoxy) is 1. The molecule has 0 aliphatic rings. The van der Waals surface area contributed by atoms with Crippen LogP contribution in [-0.4, -0.2) is 17.9 Å². The average Bonchev–Trinajstić information content (AvgIpc) is 2.76. The molecule has 0 radical (unpaired) electrons. The first-order valence-corrected chi connectivity index (χ1v) is 6.55. The molecule has 1 heterocycles. The zero-order valence-electron chi connectivity index (χ0n) is 10.5. The van der Waals surface area contributed by atoms with Crippen molar-refractivity contribution in [2.75, 3.05) is 7.11 Å². The summed E-state index contributed by atoms with van der Waals surface area (Å²) in [6.07, 6.45) is 3.05. The van der Waals surface area contributed by atoms with E-state index in [4.69, 9.17) is 4.74 Å². The number of ketones is 1. The second kappa shape index (κ2) is 5.78. The van der Waals surface area contributed by atoms with Crippen LogP contribution in [0.2, 0.25) is 0 Å². The van der Waals surface area contributed by atoms with E-state index >= 15 is 0 Å². The Morgan fingerprint density at radius 2 is 2.28 bits per heavy atom. The number of thiazole rings is 1. The molecule has 18 heavy (non-hydrogen) atoms. The van der Waals surface area contributed by atoms with Crippen molar-refractivity contribution in [2.24, 2.45) is 0 Å². The minimum atomic E-state index is 0.173. The Balaban J connectivity index is 2.08. The Labute approximate surface area is 110 Å². The third-order valence-electron chi connectivity index (χ3n) is 2.51. The lowest BCUT2D eigenvalue weighted by molar-refractivity contribution is -0.116. The summed E-state index contributed by atoms with van der Waals surface area (Å²) in [5, 5.41) is 1.03. The van der Waals surface area contributed by atoms with E-state index in [1.807, 2.05) is 18.2 Å². The first-order chi connectivity index (χ1) is 8.67. The van der Waals surface area contributed by atoms with Gasteiger partial charge < -0.3 is 4.74 Å². The molecule has 0 saturated carbocycles. The molecular weight excluding hydrogens is 246 g/mol. The van der Waals surface area contributed by atoms with Gasteiger partial charge in [0.25, 0.3) is 0 Å². The number of carbonyl (C=O) groups excluding carboxylic acids is 1. The van der Waals surface area contributed by atoms with Gasteiger partial charge in [-0.25, -0.2) is 4.98 Å². The molecule has 0 amide bonds. The SMILES string of the molecule is COc1cccc(Cc2ncc(CC(C)=O)s2)c1. The molecule has 4 heteroatoms. The van der Waals surface area contributed by atoms with Gasteiger partial charge in [-0.15, -0.1) is 11.3 Å². The summed E-state index contributed by atoms with van der Waals surface area (Å²) in [7, 11) is 1.66. The third kappa shape index (κ3) is 3.40. The van der Waals surface area contributed by atoms with Crippen molar-refractivity contribution in [3.05, 3.63) is 45.9 Å². The number of methoxy groups -OCH3 is 1. The van der Waals surface area contributed by atoms with Crippen LogP contribution >= 0.6 is 11.3 Å². The van der Waals surface area contributed by atoms with E-state index in [0.29, 0.717) is 6.42 Å². The molecule has 1 aromatic heterocycles. The third-order valence-corrected chi connectivity index (χ3v) is 3.51. The van der Waals surface area contributed by atoms with Gasteiger partial charge >= 0.3 is 0 Å². The van der Waals surface area contributed by atoms with E-state index in [2.05, 4.69) is 11.1 Å². The van der Waals surface area contributed by atoms with Crippen LogP contribution in [-0.2, 0) is 17.6 Å². The lowest BCUT2D eigenvalue weighted by Gasteiger charge is -2.02. The first kappa shape index (κ1) is 12.8. The fraction of sp³-hybridized carbons (Fsp3) is 0.286. The predicted octanol–water partition coefficient (Wildman–Crippen LogP) is 2.87. The van der Waals surface area contributed by atoms with Crippen LogP contribution in [0.1, 0.15) is 22.4 Å². The van der Waals surface area contributed by atoms with Crippen molar-refractivity contribution in [1.82, 2.24) is 4.98 Å². The van der Waals surface area contributed by atoms with Gasteiger partial charge in [-0.05, 0) is 24.6 Å². The maximum atomic E-state index is 11.0. The van der Waals surface area contributed by atoms with Crippen LogP contribution in [0.15, 0.2) is 30.5 Å². The van der Waals surface area contributed by atoms with Gasteiger partial charge in [0.15, 0.2) is 0 Å². The zero-order chi connectivity index (χ0) is 13.0. The molecule has 2 rings (SSSR count). The van der Waals surface area contributed by atoms with Gasteiger partial charge in [0.1, 0.15) is 11.5 Å². The number of carbonyl (C=O) groups is 1. The molecule has 0 spiro atoms. The lowest BCUT2D eigenvalue weighted by atomic mass is 10.1. The lowest BCUT2D eigenvalue weighted by Crippen LogP contribution is -1.92. The number of Topliss-reactive ketones (excluding diaryl/α,β-unsaturated/α-hetero) is 1. The van der Waals surface area contributed by atoms with Crippen molar-refractivity contribution >= 4 is 17.1 Å². The van der Waals surface area contributed by atoms with E-state index in [-0.39, 0.29) is 5.78 Å². The van der Waals surface area contributed by atoms with E-state index in [1.165, 1.54) is 0 Å². The quantitative estimate of drug-likeness (QED) is 0.830. The van der Waals surface area contributed by atoms with Crippen molar-refractivity contribution in [3.8, 4) is 5.75 Å². The minimum Gasteiger partial charge on any atom is -0.497 e. The Morgan fingerprint density at radius 1 is 1.44 bits per heavy atom. The van der Waals surface area contributed by atoms with Crippen molar-refractivity contribution in [1.29, 1.82) is 0 Å². The predicted molar refractivity (Wildman–Crippen MR) is 72.3 cm³/mol. The number of hydrogen-bond donors (Lipinski definition) is 0. The topological polar surface area (TPSA) is 39.2 Å². The van der Waals surface area contributed by atoms with Crippen LogP contribution < -0.4 is 4.74 Å². The van der Waals surface area contributed by atoms with E-state index < -0.39 is 0 Å². The summed E-state index contributed by atoms with van der Waals surface area (Å²) in [6, 6.07) is 7.95. The number of hydrogen-bond acceptors (Lipinski definition) is 4. The number of aromatic nitrogens is 1. The second-order valence-corrected chi connectivity index (χ2v) is 5.33. The monoisotopic (exact) mass is 261 g/mol. The second-order valence-electron chi connectivity index (χ2n) is 4.13. The van der Waals surface area contributed by atoms with Gasteiger partial charge in [-0.3, -0.25) is 4.79 Å². The maximum absolute atomic E-state index is 11.0. The van der Waals surface area contributed by atoms with Crippen LogP contribution in [0, 0.1) is 0 Å². The number of nitrogens with zero attached hydrogens (tertiary/aromatic N) is 1. The number of benzene rings is 1. The molecule has 0 unspecified atom stereocenters. The molecular formula is C14H15NO2S. The van der Waals surface area contributed by atoms with E-state index in [9.17, 15) is 4.79 Å². The Bertz CT molecular complexity index is 548. The molecule has 0 fully saturated rings. The summed E-state index contributed by atoms with van der Waals surface area (Å²) >= 11 is 1.60. The molecule has 2 aromatic rings. The van der Waals surface area contributed by atoms with Gasteiger partial charge in [0.2, 0.25) is 0 Å².